The summed E-state index contributed by atoms with van der Waals surface area (Å²) in [6, 6.07) is 0. The second kappa shape index (κ2) is 14.1. The zero-order chi connectivity index (χ0) is 22.5. The van der Waals surface area contributed by atoms with E-state index >= 15 is 0 Å². The predicted molar refractivity (Wildman–Crippen MR) is 121 cm³/mol. The molecule has 3 atom stereocenters. The maximum Gasteiger partial charge on any atom is 0.331 e. The third kappa shape index (κ3) is 11.9. The van der Waals surface area contributed by atoms with E-state index < -0.39 is 18.3 Å². The van der Waals surface area contributed by atoms with Crippen LogP contribution in [-0.2, 0) is 9.53 Å². The number of carbonyl (C=O) groups is 1. The van der Waals surface area contributed by atoms with Gasteiger partial charge in [0.05, 0.1) is 18.3 Å². The minimum Gasteiger partial charge on any atom is -0.459 e. The lowest BCUT2D eigenvalue weighted by atomic mass is 9.98. The Hall–Kier alpha value is -1.95. The molecule has 168 valence electrons. The van der Waals surface area contributed by atoms with E-state index in [1.54, 1.807) is 19.1 Å². The van der Waals surface area contributed by atoms with Gasteiger partial charge in [-0.1, -0.05) is 59.6 Å². The van der Waals surface area contributed by atoms with E-state index in [4.69, 9.17) is 4.74 Å². The monoisotopic (exact) mass is 418 g/mol. The lowest BCUT2D eigenvalue weighted by Crippen LogP contribution is -2.27. The Labute approximate surface area is 181 Å². The molecule has 0 aromatic heterocycles. The number of allylic oxidation sites excluding steroid dienone is 8. The quantitative estimate of drug-likeness (QED) is 0.280. The first-order valence-corrected chi connectivity index (χ1v) is 10.8. The fourth-order valence-corrected chi connectivity index (χ4v) is 3.32. The van der Waals surface area contributed by atoms with Crippen LogP contribution in [-0.4, -0.2) is 45.7 Å². The van der Waals surface area contributed by atoms with E-state index in [0.717, 1.165) is 42.4 Å². The lowest BCUT2D eigenvalue weighted by Gasteiger charge is -2.20. The van der Waals surface area contributed by atoms with Crippen molar-refractivity contribution >= 4 is 5.97 Å². The number of ether oxygens (including phenoxy) is 1. The molecule has 30 heavy (non-hydrogen) atoms. The molecule has 0 spiro atoms. The number of rotatable bonds is 10. The zero-order valence-electron chi connectivity index (χ0n) is 18.8. The van der Waals surface area contributed by atoms with Crippen molar-refractivity contribution in [3.63, 3.8) is 0 Å². The molecule has 3 N–H and O–H groups in total. The van der Waals surface area contributed by atoms with Crippen LogP contribution in [0, 0.1) is 0 Å². The summed E-state index contributed by atoms with van der Waals surface area (Å²) < 4.78 is 5.47. The minimum atomic E-state index is -1.02. The van der Waals surface area contributed by atoms with E-state index in [2.05, 4.69) is 0 Å². The third-order valence-corrected chi connectivity index (χ3v) is 4.90. The molecule has 0 heterocycles. The van der Waals surface area contributed by atoms with E-state index in [1.807, 2.05) is 45.1 Å². The summed E-state index contributed by atoms with van der Waals surface area (Å²) in [6.07, 6.45) is 15.3. The highest BCUT2D eigenvalue weighted by Crippen LogP contribution is 2.20. The largest absolute Gasteiger partial charge is 0.459 e. The third-order valence-electron chi connectivity index (χ3n) is 4.90. The number of esters is 1. The van der Waals surface area contributed by atoms with Gasteiger partial charge in [-0.2, -0.15) is 0 Å². The number of hydrogen-bond acceptors (Lipinski definition) is 5. The summed E-state index contributed by atoms with van der Waals surface area (Å²) in [6.45, 7) is 7.29. The Morgan fingerprint density at radius 1 is 0.967 bits per heavy atom. The molecule has 1 rings (SSSR count). The van der Waals surface area contributed by atoms with E-state index in [-0.39, 0.29) is 18.5 Å². The normalized spacial score (nSPS) is 20.6. The van der Waals surface area contributed by atoms with Gasteiger partial charge in [0.15, 0.2) is 0 Å². The molecule has 1 saturated carbocycles. The van der Waals surface area contributed by atoms with Crippen LogP contribution in [0.5, 0.6) is 0 Å². The molecular weight excluding hydrogens is 380 g/mol. The number of aliphatic hydroxyl groups excluding tert-OH is 3. The van der Waals surface area contributed by atoms with Gasteiger partial charge in [-0.15, -0.1) is 0 Å². The molecule has 5 nitrogen and oxygen atoms in total. The van der Waals surface area contributed by atoms with E-state index in [0.29, 0.717) is 0 Å². The van der Waals surface area contributed by atoms with Crippen molar-refractivity contribution in [2.24, 2.45) is 0 Å². The van der Waals surface area contributed by atoms with Crippen LogP contribution in [0.4, 0.5) is 0 Å². The molecule has 0 aromatic rings. The molecule has 0 amide bonds. The predicted octanol–water partition coefficient (Wildman–Crippen LogP) is 4.31. The summed E-state index contributed by atoms with van der Waals surface area (Å²) in [5, 5.41) is 29.0. The number of carbonyl (C=O) groups excluding carboxylic acids is 1. The van der Waals surface area contributed by atoms with Crippen molar-refractivity contribution in [2.45, 2.75) is 90.6 Å². The maximum absolute atomic E-state index is 11.9. The summed E-state index contributed by atoms with van der Waals surface area (Å²) in [5.41, 5.74) is 2.76. The second-order valence-electron chi connectivity index (χ2n) is 8.24. The van der Waals surface area contributed by atoms with Crippen molar-refractivity contribution in [3.8, 4) is 0 Å². The van der Waals surface area contributed by atoms with Gasteiger partial charge in [0.1, 0.15) is 6.10 Å². The smallest absolute Gasteiger partial charge is 0.331 e. The molecule has 1 aliphatic carbocycles. The molecular formula is C25H38O5. The number of hydrogen-bond donors (Lipinski definition) is 3. The molecule has 0 bridgehead atoms. The van der Waals surface area contributed by atoms with Crippen LogP contribution in [0.3, 0.4) is 0 Å². The van der Waals surface area contributed by atoms with Crippen molar-refractivity contribution < 1.29 is 24.9 Å². The van der Waals surface area contributed by atoms with Gasteiger partial charge in [-0.25, -0.2) is 4.79 Å². The highest BCUT2D eigenvalue weighted by molar-refractivity contribution is 5.82. The van der Waals surface area contributed by atoms with Gasteiger partial charge in [0.2, 0.25) is 0 Å². The van der Waals surface area contributed by atoms with Crippen LogP contribution in [0.1, 0.15) is 66.2 Å². The Morgan fingerprint density at radius 3 is 2.27 bits per heavy atom. The molecule has 0 aliphatic heterocycles. The van der Waals surface area contributed by atoms with Crippen molar-refractivity contribution in [1.82, 2.24) is 0 Å². The minimum absolute atomic E-state index is 0.0647. The summed E-state index contributed by atoms with van der Waals surface area (Å²) in [5.74, 6) is -0.284. The molecule has 0 unspecified atom stereocenters. The molecule has 5 heteroatoms. The van der Waals surface area contributed by atoms with Crippen molar-refractivity contribution in [1.29, 1.82) is 0 Å². The first kappa shape index (κ1) is 26.1. The first-order valence-electron chi connectivity index (χ1n) is 10.8. The van der Waals surface area contributed by atoms with E-state index in [1.165, 1.54) is 12.5 Å². The lowest BCUT2D eigenvalue weighted by molar-refractivity contribution is -0.144. The summed E-state index contributed by atoms with van der Waals surface area (Å²) >= 11 is 0. The summed E-state index contributed by atoms with van der Waals surface area (Å²) in [7, 11) is 0. The van der Waals surface area contributed by atoms with Gasteiger partial charge in [0, 0.05) is 12.5 Å². The van der Waals surface area contributed by atoms with Gasteiger partial charge >= 0.3 is 5.97 Å². The Morgan fingerprint density at radius 2 is 1.63 bits per heavy atom. The Balaban J connectivity index is 2.53. The Bertz CT molecular complexity index is 676. The molecule has 0 aromatic carbocycles. The van der Waals surface area contributed by atoms with Crippen molar-refractivity contribution in [3.05, 3.63) is 59.3 Å². The highest BCUT2D eigenvalue weighted by Gasteiger charge is 2.16. The SMILES string of the molecule is CC(=C\C=C\C(C)=C\[C@H](O)[C@@H](O)C[C@H](C)O)/C=C(C)/C=C/C(=O)OC1CCCCC1. The molecule has 0 radical (unpaired) electrons. The second-order valence-corrected chi connectivity index (χ2v) is 8.24. The topological polar surface area (TPSA) is 87.0 Å². The van der Waals surface area contributed by atoms with Crippen LogP contribution in [0.2, 0.25) is 0 Å². The molecule has 1 aliphatic rings. The van der Waals surface area contributed by atoms with Gasteiger partial charge in [-0.05, 0) is 53.4 Å². The van der Waals surface area contributed by atoms with Crippen LogP contribution in [0.25, 0.3) is 0 Å². The van der Waals surface area contributed by atoms with Gasteiger partial charge in [-0.3, -0.25) is 0 Å². The fourth-order valence-electron chi connectivity index (χ4n) is 3.32. The van der Waals surface area contributed by atoms with Gasteiger partial charge in [0.25, 0.3) is 0 Å². The zero-order valence-corrected chi connectivity index (χ0v) is 18.8. The fraction of sp³-hybridized carbons (Fsp3) is 0.560. The number of aliphatic hydroxyl groups is 3. The van der Waals surface area contributed by atoms with Crippen LogP contribution < -0.4 is 0 Å². The average molecular weight is 419 g/mol. The molecule has 1 fully saturated rings. The first-order chi connectivity index (χ1) is 14.2. The van der Waals surface area contributed by atoms with Gasteiger partial charge < -0.3 is 20.1 Å². The average Bonchev–Trinajstić information content (AvgIpc) is 2.66. The Kier molecular flexibility index (Phi) is 12.3. The van der Waals surface area contributed by atoms with Crippen LogP contribution >= 0.6 is 0 Å². The van der Waals surface area contributed by atoms with E-state index in [9.17, 15) is 20.1 Å². The standard InChI is InChI=1S/C25H38O5/c1-18(9-8-10-19(2)16-23(27)24(28)17-21(4)26)15-20(3)13-14-25(29)30-22-11-6-5-7-12-22/h8-10,13-16,21-24,26-28H,5-7,11-12,17H2,1-4H3/b10-8+,14-13+,18-9+,19-16+,20-15+/t21-,23-,24-/m0/s1. The highest BCUT2D eigenvalue weighted by atomic mass is 16.5. The van der Waals surface area contributed by atoms with Crippen molar-refractivity contribution in [2.75, 3.05) is 0 Å². The molecule has 0 saturated heterocycles. The van der Waals surface area contributed by atoms with Crippen LogP contribution in [0.15, 0.2) is 59.3 Å². The maximum atomic E-state index is 11.9. The summed E-state index contributed by atoms with van der Waals surface area (Å²) in [4.78, 5) is 11.9.